The van der Waals surface area contributed by atoms with E-state index >= 15 is 0 Å². The van der Waals surface area contributed by atoms with E-state index in [0.29, 0.717) is 6.61 Å². The molecule has 2 aromatic rings. The second-order valence-corrected chi connectivity index (χ2v) is 5.29. The molecule has 0 spiro atoms. The van der Waals surface area contributed by atoms with Crippen LogP contribution in [0.4, 0.5) is 0 Å². The highest BCUT2D eigenvalue weighted by atomic mass is 16.5. The maximum absolute atomic E-state index is 5.97. The number of furan rings is 1. The van der Waals surface area contributed by atoms with Gasteiger partial charge in [0, 0.05) is 0 Å². The predicted molar refractivity (Wildman–Crippen MR) is 81.2 cm³/mol. The van der Waals surface area contributed by atoms with E-state index in [2.05, 4.69) is 45.1 Å². The Morgan fingerprint density at radius 2 is 1.75 bits per heavy atom. The Balaban J connectivity index is 2.13. The second kappa shape index (κ2) is 6.14. The van der Waals surface area contributed by atoms with Crippen molar-refractivity contribution in [2.75, 3.05) is 7.05 Å². The zero-order valence-electron chi connectivity index (χ0n) is 13.0. The summed E-state index contributed by atoms with van der Waals surface area (Å²) < 4.78 is 11.8. The molecule has 3 nitrogen and oxygen atoms in total. The highest BCUT2D eigenvalue weighted by Gasteiger charge is 2.10. The third-order valence-electron chi connectivity index (χ3n) is 3.64. The Hall–Kier alpha value is -1.74. The summed E-state index contributed by atoms with van der Waals surface area (Å²) in [5, 5.41) is 3.10. The topological polar surface area (TPSA) is 34.4 Å². The molecular weight excluding hydrogens is 250 g/mol. The van der Waals surface area contributed by atoms with Gasteiger partial charge < -0.3 is 14.5 Å². The van der Waals surface area contributed by atoms with Crippen molar-refractivity contribution < 1.29 is 9.15 Å². The summed E-state index contributed by atoms with van der Waals surface area (Å²) in [7, 11) is 1.91. The number of ether oxygens (including phenoxy) is 1. The first-order chi connectivity index (χ1) is 9.52. The van der Waals surface area contributed by atoms with Gasteiger partial charge in [-0.25, -0.2) is 0 Å². The molecule has 20 heavy (non-hydrogen) atoms. The van der Waals surface area contributed by atoms with Crippen molar-refractivity contribution in [2.24, 2.45) is 0 Å². The molecule has 1 aromatic heterocycles. The van der Waals surface area contributed by atoms with Crippen LogP contribution in [0.25, 0.3) is 0 Å². The molecule has 1 aromatic carbocycles. The van der Waals surface area contributed by atoms with Crippen LogP contribution in [0.2, 0.25) is 0 Å². The predicted octanol–water partition coefficient (Wildman–Crippen LogP) is 3.81. The van der Waals surface area contributed by atoms with E-state index in [1.807, 2.05) is 13.1 Å². The molecule has 0 atom stereocenters. The Morgan fingerprint density at radius 1 is 1.05 bits per heavy atom. The minimum atomic E-state index is 0.468. The molecule has 0 aliphatic carbocycles. The molecule has 0 amide bonds. The zero-order valence-corrected chi connectivity index (χ0v) is 13.0. The first-order valence-corrected chi connectivity index (χ1v) is 6.95. The minimum Gasteiger partial charge on any atom is -0.485 e. The summed E-state index contributed by atoms with van der Waals surface area (Å²) in [6, 6.07) is 6.27. The van der Waals surface area contributed by atoms with Crippen LogP contribution in [0, 0.1) is 27.7 Å². The Morgan fingerprint density at radius 3 is 2.45 bits per heavy atom. The van der Waals surface area contributed by atoms with Crippen LogP contribution in [-0.2, 0) is 13.2 Å². The number of nitrogens with one attached hydrogen (secondary N) is 1. The fourth-order valence-electron chi connectivity index (χ4n) is 2.29. The molecule has 3 heteroatoms. The van der Waals surface area contributed by atoms with Crippen molar-refractivity contribution in [3.63, 3.8) is 0 Å². The largest absolute Gasteiger partial charge is 0.485 e. The van der Waals surface area contributed by atoms with Gasteiger partial charge in [-0.2, -0.15) is 0 Å². The van der Waals surface area contributed by atoms with Gasteiger partial charge in [0.2, 0.25) is 0 Å². The van der Waals surface area contributed by atoms with E-state index in [1.54, 1.807) is 0 Å². The summed E-state index contributed by atoms with van der Waals surface area (Å²) in [5.74, 6) is 2.81. The lowest BCUT2D eigenvalue weighted by Crippen LogP contribution is -2.04. The summed E-state index contributed by atoms with van der Waals surface area (Å²) in [6.07, 6.45) is 0. The quantitative estimate of drug-likeness (QED) is 0.899. The second-order valence-electron chi connectivity index (χ2n) is 5.29. The van der Waals surface area contributed by atoms with Crippen LogP contribution in [0.15, 0.2) is 22.6 Å². The van der Waals surface area contributed by atoms with Gasteiger partial charge in [0.15, 0.2) is 0 Å². The van der Waals surface area contributed by atoms with Crippen LogP contribution < -0.4 is 10.1 Å². The Kier molecular flexibility index (Phi) is 4.50. The molecule has 2 rings (SSSR count). The maximum Gasteiger partial charge on any atom is 0.146 e. The van der Waals surface area contributed by atoms with E-state index in [1.165, 1.54) is 11.1 Å². The zero-order chi connectivity index (χ0) is 14.7. The smallest absolute Gasteiger partial charge is 0.146 e. The first kappa shape index (κ1) is 14.7. The van der Waals surface area contributed by atoms with Crippen LogP contribution in [-0.4, -0.2) is 7.05 Å². The Labute approximate surface area is 121 Å². The van der Waals surface area contributed by atoms with Gasteiger partial charge >= 0.3 is 0 Å². The number of hydrogen-bond donors (Lipinski definition) is 1. The van der Waals surface area contributed by atoms with Gasteiger partial charge in [-0.1, -0.05) is 12.1 Å². The molecule has 1 N–H and O–H groups in total. The SMILES string of the molecule is CNCc1oc(COc2c(C)ccc(C)c2C)cc1C. The number of aryl methyl sites for hydroxylation is 3. The highest BCUT2D eigenvalue weighted by Crippen LogP contribution is 2.27. The first-order valence-electron chi connectivity index (χ1n) is 6.95. The van der Waals surface area contributed by atoms with Gasteiger partial charge in [0.25, 0.3) is 0 Å². The van der Waals surface area contributed by atoms with Crippen LogP contribution in [0.3, 0.4) is 0 Å². The lowest BCUT2D eigenvalue weighted by Gasteiger charge is -2.13. The van der Waals surface area contributed by atoms with Crippen molar-refractivity contribution in [1.29, 1.82) is 0 Å². The summed E-state index contributed by atoms with van der Waals surface area (Å²) in [4.78, 5) is 0. The van der Waals surface area contributed by atoms with E-state index in [-0.39, 0.29) is 0 Å². The summed E-state index contributed by atoms with van der Waals surface area (Å²) in [6.45, 7) is 9.54. The van der Waals surface area contributed by atoms with Gasteiger partial charge in [0.05, 0.1) is 6.54 Å². The maximum atomic E-state index is 5.97. The van der Waals surface area contributed by atoms with Crippen molar-refractivity contribution in [1.82, 2.24) is 5.32 Å². The van der Waals surface area contributed by atoms with Crippen LogP contribution >= 0.6 is 0 Å². The van der Waals surface area contributed by atoms with E-state index < -0.39 is 0 Å². The van der Waals surface area contributed by atoms with Crippen molar-refractivity contribution in [2.45, 2.75) is 40.8 Å². The average Bonchev–Trinajstić information content (AvgIpc) is 2.75. The van der Waals surface area contributed by atoms with Gasteiger partial charge in [-0.3, -0.25) is 0 Å². The molecule has 0 saturated heterocycles. The molecule has 0 fully saturated rings. The van der Waals surface area contributed by atoms with Gasteiger partial charge in [-0.05, 0) is 63.1 Å². The Bertz CT molecular complexity index is 599. The fraction of sp³-hybridized carbons (Fsp3) is 0.412. The molecule has 0 radical (unpaired) electrons. The van der Waals surface area contributed by atoms with E-state index in [9.17, 15) is 0 Å². The fourth-order valence-corrected chi connectivity index (χ4v) is 2.29. The summed E-state index contributed by atoms with van der Waals surface area (Å²) >= 11 is 0. The number of hydrogen-bond acceptors (Lipinski definition) is 3. The lowest BCUT2D eigenvalue weighted by molar-refractivity contribution is 0.262. The monoisotopic (exact) mass is 273 g/mol. The molecule has 0 aliphatic rings. The van der Waals surface area contributed by atoms with Crippen molar-refractivity contribution in [3.8, 4) is 5.75 Å². The molecule has 0 unspecified atom stereocenters. The van der Waals surface area contributed by atoms with Crippen LogP contribution in [0.1, 0.15) is 33.8 Å². The van der Waals surface area contributed by atoms with Gasteiger partial charge in [-0.15, -0.1) is 0 Å². The molecule has 0 bridgehead atoms. The molecule has 108 valence electrons. The normalized spacial score (nSPS) is 10.8. The lowest BCUT2D eigenvalue weighted by atomic mass is 10.1. The van der Waals surface area contributed by atoms with Crippen molar-refractivity contribution >= 4 is 0 Å². The number of benzene rings is 1. The molecule has 0 aliphatic heterocycles. The van der Waals surface area contributed by atoms with E-state index in [4.69, 9.17) is 9.15 Å². The minimum absolute atomic E-state index is 0.468. The average molecular weight is 273 g/mol. The molecule has 1 heterocycles. The highest BCUT2D eigenvalue weighted by molar-refractivity contribution is 5.44. The summed E-state index contributed by atoms with van der Waals surface area (Å²) in [5.41, 5.74) is 4.77. The van der Waals surface area contributed by atoms with Crippen molar-refractivity contribution in [3.05, 3.63) is 52.0 Å². The molecule has 0 saturated carbocycles. The third kappa shape index (κ3) is 3.05. The third-order valence-corrected chi connectivity index (χ3v) is 3.64. The van der Waals surface area contributed by atoms with Crippen LogP contribution in [0.5, 0.6) is 5.75 Å². The van der Waals surface area contributed by atoms with E-state index in [0.717, 1.165) is 34.9 Å². The standard InChI is InChI=1S/C17H23NO2/c1-11-6-7-12(2)17(14(11)4)19-10-15-8-13(3)16(20-15)9-18-5/h6-8,18H,9-10H2,1-5H3. The molecular formula is C17H23NO2. The number of rotatable bonds is 5. The van der Waals surface area contributed by atoms with Gasteiger partial charge in [0.1, 0.15) is 23.9 Å².